The zero-order chi connectivity index (χ0) is 18.0. The molecule has 0 spiro atoms. The molecule has 0 bridgehead atoms. The molecule has 1 unspecified atom stereocenters. The van der Waals surface area contributed by atoms with E-state index in [0.29, 0.717) is 30.7 Å². The summed E-state index contributed by atoms with van der Waals surface area (Å²) in [5, 5.41) is 10.4. The van der Waals surface area contributed by atoms with Gasteiger partial charge in [-0.3, -0.25) is 4.79 Å². The summed E-state index contributed by atoms with van der Waals surface area (Å²) in [5.74, 6) is -1.01. The van der Waals surface area contributed by atoms with Gasteiger partial charge in [0, 0.05) is 13.1 Å². The van der Waals surface area contributed by atoms with Crippen molar-refractivity contribution in [2.24, 2.45) is 5.92 Å². The molecule has 12 heteroatoms. The average molecular weight is 408 g/mol. The highest BCUT2D eigenvalue weighted by atomic mass is 32.2. The molecule has 3 heterocycles. The van der Waals surface area contributed by atoms with E-state index in [-0.39, 0.29) is 15.9 Å². The Bertz CT molecular complexity index is 839. The van der Waals surface area contributed by atoms with Crippen molar-refractivity contribution >= 4 is 43.7 Å². The van der Waals surface area contributed by atoms with Crippen LogP contribution in [-0.2, 0) is 14.8 Å². The van der Waals surface area contributed by atoms with Crippen LogP contribution >= 0.6 is 22.7 Å². The van der Waals surface area contributed by atoms with Gasteiger partial charge in [-0.1, -0.05) is 17.4 Å². The molecule has 2 aromatic rings. The van der Waals surface area contributed by atoms with Gasteiger partial charge in [0.25, 0.3) is 16.4 Å². The minimum absolute atomic E-state index is 0.0152. The summed E-state index contributed by atoms with van der Waals surface area (Å²) in [6.07, 6.45) is -1.69. The van der Waals surface area contributed by atoms with E-state index in [9.17, 15) is 22.0 Å². The fraction of sp³-hybridized carbons (Fsp3) is 0.462. The van der Waals surface area contributed by atoms with Crippen LogP contribution in [0.2, 0.25) is 0 Å². The van der Waals surface area contributed by atoms with Crippen molar-refractivity contribution in [2.45, 2.75) is 23.5 Å². The number of aromatic nitrogens is 2. The Morgan fingerprint density at radius 1 is 1.40 bits per heavy atom. The lowest BCUT2D eigenvalue weighted by atomic mass is 9.99. The largest absolute Gasteiger partial charge is 0.300 e. The summed E-state index contributed by atoms with van der Waals surface area (Å²) in [6, 6.07) is 3.18. The lowest BCUT2D eigenvalue weighted by Crippen LogP contribution is -2.43. The fourth-order valence-electron chi connectivity index (χ4n) is 2.49. The van der Waals surface area contributed by atoms with Crippen LogP contribution in [0.15, 0.2) is 21.7 Å². The minimum Gasteiger partial charge on any atom is -0.300 e. The molecule has 1 saturated heterocycles. The number of carbonyl (C=O) groups excluding carboxylic acids is 1. The first-order valence-corrected chi connectivity index (χ1v) is 10.5. The molecule has 1 atom stereocenters. The topological polar surface area (TPSA) is 92.3 Å². The second-order valence-electron chi connectivity index (χ2n) is 5.37. The molecule has 7 nitrogen and oxygen atoms in total. The monoisotopic (exact) mass is 408 g/mol. The molecule has 0 saturated carbocycles. The first-order valence-electron chi connectivity index (χ1n) is 7.34. The highest BCUT2D eigenvalue weighted by Gasteiger charge is 2.34. The van der Waals surface area contributed by atoms with Crippen molar-refractivity contribution in [2.75, 3.05) is 18.4 Å². The van der Waals surface area contributed by atoms with Gasteiger partial charge in [0.15, 0.2) is 5.01 Å². The molecule has 2 aromatic heterocycles. The van der Waals surface area contributed by atoms with Crippen LogP contribution in [0.3, 0.4) is 0 Å². The van der Waals surface area contributed by atoms with Crippen LogP contribution in [0.25, 0.3) is 0 Å². The number of rotatable bonds is 5. The first-order chi connectivity index (χ1) is 11.9. The number of hydrogen-bond donors (Lipinski definition) is 1. The fourth-order valence-corrected chi connectivity index (χ4v) is 5.76. The number of thiophene rings is 1. The highest BCUT2D eigenvalue weighted by Crippen LogP contribution is 2.28. The van der Waals surface area contributed by atoms with Gasteiger partial charge in [-0.05, 0) is 24.3 Å². The third-order valence-corrected chi connectivity index (χ3v) is 7.79. The molecular weight excluding hydrogens is 394 g/mol. The van der Waals surface area contributed by atoms with E-state index in [0.717, 1.165) is 11.3 Å². The standard InChI is InChI=1S/C13H14F2N4O3S3/c14-10(15)12-17-18-13(24-12)16-11(20)8-3-1-5-19(7-8)25(21,22)9-4-2-6-23-9/h2,4,6,8,10H,1,3,5,7H2,(H,16,18,20). The lowest BCUT2D eigenvalue weighted by Gasteiger charge is -2.30. The third-order valence-electron chi connectivity index (χ3n) is 3.70. The zero-order valence-electron chi connectivity index (χ0n) is 12.8. The summed E-state index contributed by atoms with van der Waals surface area (Å²) >= 11 is 1.73. The predicted octanol–water partition coefficient (Wildman–Crippen LogP) is 2.58. The summed E-state index contributed by atoms with van der Waals surface area (Å²) in [7, 11) is -3.62. The maximum absolute atomic E-state index is 12.6. The van der Waals surface area contributed by atoms with Crippen LogP contribution in [0.4, 0.5) is 13.9 Å². The van der Waals surface area contributed by atoms with Crippen LogP contribution in [0, 0.1) is 5.92 Å². The summed E-state index contributed by atoms with van der Waals surface area (Å²) < 4.78 is 51.7. The molecule has 136 valence electrons. The van der Waals surface area contributed by atoms with Crippen molar-refractivity contribution in [1.82, 2.24) is 14.5 Å². The van der Waals surface area contributed by atoms with Gasteiger partial charge >= 0.3 is 0 Å². The summed E-state index contributed by atoms with van der Waals surface area (Å²) in [4.78, 5) is 12.3. The van der Waals surface area contributed by atoms with Crippen molar-refractivity contribution in [3.05, 3.63) is 22.5 Å². The van der Waals surface area contributed by atoms with E-state index in [1.165, 1.54) is 10.4 Å². The quantitative estimate of drug-likeness (QED) is 0.821. The number of alkyl halides is 2. The maximum Gasteiger partial charge on any atom is 0.291 e. The molecule has 25 heavy (non-hydrogen) atoms. The number of anilines is 1. The van der Waals surface area contributed by atoms with Crippen molar-refractivity contribution in [3.8, 4) is 0 Å². The van der Waals surface area contributed by atoms with Gasteiger partial charge in [-0.15, -0.1) is 21.5 Å². The van der Waals surface area contributed by atoms with Crippen LogP contribution in [0.1, 0.15) is 24.3 Å². The van der Waals surface area contributed by atoms with Gasteiger partial charge in [0.05, 0.1) is 5.92 Å². The average Bonchev–Trinajstić information content (AvgIpc) is 3.27. The summed E-state index contributed by atoms with van der Waals surface area (Å²) in [6.45, 7) is 0.394. The second-order valence-corrected chi connectivity index (χ2v) is 9.49. The Morgan fingerprint density at radius 2 is 2.20 bits per heavy atom. The molecule has 0 aromatic carbocycles. The Labute approximate surface area is 150 Å². The Hall–Kier alpha value is -1.50. The SMILES string of the molecule is O=C(Nc1nnc(C(F)F)s1)C1CCCN(S(=O)(=O)c2cccs2)C1. The van der Waals surface area contributed by atoms with E-state index >= 15 is 0 Å². The predicted molar refractivity (Wildman–Crippen MR) is 89.3 cm³/mol. The van der Waals surface area contributed by atoms with E-state index < -0.39 is 33.3 Å². The van der Waals surface area contributed by atoms with E-state index in [1.807, 2.05) is 0 Å². The van der Waals surface area contributed by atoms with E-state index in [2.05, 4.69) is 15.5 Å². The maximum atomic E-state index is 12.6. The lowest BCUT2D eigenvalue weighted by molar-refractivity contribution is -0.120. The third kappa shape index (κ3) is 4.02. The number of nitrogens with zero attached hydrogens (tertiary/aromatic N) is 3. The number of carbonyl (C=O) groups is 1. The van der Waals surface area contributed by atoms with Gasteiger partial charge in [-0.25, -0.2) is 17.2 Å². The van der Waals surface area contributed by atoms with Crippen LogP contribution < -0.4 is 5.32 Å². The molecule has 1 aliphatic heterocycles. The number of hydrogen-bond acceptors (Lipinski definition) is 7. The first kappa shape index (κ1) is 18.3. The minimum atomic E-state index is -3.62. The van der Waals surface area contributed by atoms with E-state index in [4.69, 9.17) is 0 Å². The molecule has 1 aliphatic rings. The number of sulfonamides is 1. The number of nitrogens with one attached hydrogen (secondary N) is 1. The van der Waals surface area contributed by atoms with Gasteiger partial charge in [0.1, 0.15) is 4.21 Å². The van der Waals surface area contributed by atoms with Gasteiger partial charge in [0.2, 0.25) is 11.0 Å². The summed E-state index contributed by atoms with van der Waals surface area (Å²) in [5.41, 5.74) is 0. The molecule has 0 radical (unpaired) electrons. The molecule has 0 aliphatic carbocycles. The molecule has 1 amide bonds. The molecule has 1 fully saturated rings. The molecule has 3 rings (SSSR count). The van der Waals surface area contributed by atoms with Gasteiger partial charge in [-0.2, -0.15) is 4.31 Å². The van der Waals surface area contributed by atoms with Crippen molar-refractivity contribution in [1.29, 1.82) is 0 Å². The highest BCUT2D eigenvalue weighted by molar-refractivity contribution is 7.91. The Balaban J connectivity index is 1.67. The zero-order valence-corrected chi connectivity index (χ0v) is 15.2. The number of piperidine rings is 1. The Kier molecular flexibility index (Phi) is 5.41. The van der Waals surface area contributed by atoms with E-state index in [1.54, 1.807) is 11.4 Å². The molecule has 1 N–H and O–H groups in total. The van der Waals surface area contributed by atoms with Crippen molar-refractivity contribution < 1.29 is 22.0 Å². The number of halogens is 2. The Morgan fingerprint density at radius 3 is 2.84 bits per heavy atom. The van der Waals surface area contributed by atoms with Crippen LogP contribution in [0.5, 0.6) is 0 Å². The second kappa shape index (κ2) is 7.40. The smallest absolute Gasteiger partial charge is 0.291 e. The van der Waals surface area contributed by atoms with Crippen LogP contribution in [-0.4, -0.2) is 41.9 Å². The molecular formula is C13H14F2N4O3S3. The number of amides is 1. The van der Waals surface area contributed by atoms with Gasteiger partial charge < -0.3 is 5.32 Å². The van der Waals surface area contributed by atoms with Crippen molar-refractivity contribution in [3.63, 3.8) is 0 Å². The normalized spacial score (nSPS) is 19.2.